The summed E-state index contributed by atoms with van der Waals surface area (Å²) >= 11 is 0. The van der Waals surface area contributed by atoms with Gasteiger partial charge in [0.1, 0.15) is 0 Å². The highest BCUT2D eigenvalue weighted by Crippen LogP contribution is 2.26. The van der Waals surface area contributed by atoms with Crippen molar-refractivity contribution in [3.63, 3.8) is 0 Å². The zero-order valence-corrected chi connectivity index (χ0v) is 15.3. The number of carbonyl (C=O) groups is 2. The summed E-state index contributed by atoms with van der Waals surface area (Å²) in [7, 11) is 0. The van der Waals surface area contributed by atoms with Crippen LogP contribution in [0.25, 0.3) is 0 Å². The van der Waals surface area contributed by atoms with Crippen LogP contribution in [0.3, 0.4) is 0 Å². The summed E-state index contributed by atoms with van der Waals surface area (Å²) in [4.78, 5) is 30.2. The molecule has 0 amide bonds. The normalized spacial score (nSPS) is 17.4. The Kier molecular flexibility index (Phi) is 4.81. The van der Waals surface area contributed by atoms with Crippen LogP contribution in [0.2, 0.25) is 0 Å². The highest BCUT2D eigenvalue weighted by molar-refractivity contribution is 6.02. The average Bonchev–Trinajstić information content (AvgIpc) is 3.15. The second-order valence-electron chi connectivity index (χ2n) is 6.54. The maximum absolute atomic E-state index is 12.8. The lowest BCUT2D eigenvalue weighted by atomic mass is 10.1. The van der Waals surface area contributed by atoms with Gasteiger partial charge in [-0.15, -0.1) is 0 Å². The number of hydrogen-bond acceptors (Lipinski definition) is 4. The van der Waals surface area contributed by atoms with E-state index in [1.807, 2.05) is 6.07 Å². The number of hydrogen-bond donors (Lipinski definition) is 1. The second kappa shape index (κ2) is 6.88. The average molecular weight is 343 g/mol. The molecule has 2 aromatic rings. The summed E-state index contributed by atoms with van der Waals surface area (Å²) in [5, 5.41) is 0. The minimum Gasteiger partial charge on any atom is -0.462 e. The SMILES string of the molecule is CCOC(=O)c1c(C)[nH]c(C(=O)CN2CCn3cccc3[C@H]2C)c1C. The first-order chi connectivity index (χ1) is 11.9. The quantitative estimate of drug-likeness (QED) is 0.670. The largest absolute Gasteiger partial charge is 0.462 e. The Hall–Kier alpha value is -2.34. The van der Waals surface area contributed by atoms with E-state index < -0.39 is 0 Å². The smallest absolute Gasteiger partial charge is 0.340 e. The Bertz CT molecular complexity index is 803. The Morgan fingerprint density at radius 3 is 2.80 bits per heavy atom. The van der Waals surface area contributed by atoms with Crippen LogP contribution >= 0.6 is 0 Å². The molecule has 1 atom stereocenters. The van der Waals surface area contributed by atoms with E-state index in [9.17, 15) is 9.59 Å². The van der Waals surface area contributed by atoms with Gasteiger partial charge >= 0.3 is 5.97 Å². The number of Topliss-reactive ketones (excluding diaryl/α,β-unsaturated/α-hetero) is 1. The number of aromatic amines is 1. The number of ketones is 1. The third kappa shape index (κ3) is 3.14. The topological polar surface area (TPSA) is 67.3 Å². The van der Waals surface area contributed by atoms with E-state index in [4.69, 9.17) is 4.74 Å². The minimum atomic E-state index is -0.378. The molecule has 0 saturated heterocycles. The van der Waals surface area contributed by atoms with Crippen molar-refractivity contribution in [2.24, 2.45) is 0 Å². The predicted molar refractivity (Wildman–Crippen MR) is 95.0 cm³/mol. The Morgan fingerprint density at radius 1 is 1.32 bits per heavy atom. The summed E-state index contributed by atoms with van der Waals surface area (Å²) in [6, 6.07) is 4.33. The van der Waals surface area contributed by atoms with Crippen molar-refractivity contribution >= 4 is 11.8 Å². The number of H-pyrrole nitrogens is 1. The molecule has 6 heteroatoms. The summed E-state index contributed by atoms with van der Waals surface area (Å²) in [5.74, 6) is -0.375. The van der Waals surface area contributed by atoms with E-state index in [0.29, 0.717) is 35.7 Å². The number of esters is 1. The fourth-order valence-electron chi connectivity index (χ4n) is 3.64. The highest BCUT2D eigenvalue weighted by Gasteiger charge is 2.28. The summed E-state index contributed by atoms with van der Waals surface area (Å²) in [5.41, 5.74) is 3.57. The van der Waals surface area contributed by atoms with E-state index in [2.05, 4.69) is 33.6 Å². The number of rotatable bonds is 5. The van der Waals surface area contributed by atoms with Gasteiger partial charge in [-0.25, -0.2) is 4.79 Å². The predicted octanol–water partition coefficient (Wildman–Crippen LogP) is 2.87. The van der Waals surface area contributed by atoms with Gasteiger partial charge in [-0.1, -0.05) is 0 Å². The number of ether oxygens (including phenoxy) is 1. The zero-order chi connectivity index (χ0) is 18.1. The van der Waals surface area contributed by atoms with Gasteiger partial charge in [-0.05, 0) is 45.4 Å². The molecule has 1 aliphatic rings. The Balaban J connectivity index is 1.78. The fraction of sp³-hybridized carbons (Fsp3) is 0.474. The van der Waals surface area contributed by atoms with E-state index in [1.54, 1.807) is 20.8 Å². The molecule has 1 N–H and O–H groups in total. The first kappa shape index (κ1) is 17.5. The monoisotopic (exact) mass is 343 g/mol. The van der Waals surface area contributed by atoms with Gasteiger partial charge < -0.3 is 14.3 Å². The molecule has 0 aliphatic carbocycles. The number of aryl methyl sites for hydroxylation is 1. The van der Waals surface area contributed by atoms with E-state index >= 15 is 0 Å². The first-order valence-corrected chi connectivity index (χ1v) is 8.72. The van der Waals surface area contributed by atoms with Crippen LogP contribution in [0.5, 0.6) is 0 Å². The molecule has 0 fully saturated rings. The molecule has 3 rings (SSSR count). The van der Waals surface area contributed by atoms with E-state index in [-0.39, 0.29) is 17.8 Å². The summed E-state index contributed by atoms with van der Waals surface area (Å²) in [6.07, 6.45) is 2.08. The van der Waals surface area contributed by atoms with E-state index in [0.717, 1.165) is 13.1 Å². The van der Waals surface area contributed by atoms with Crippen LogP contribution in [0.1, 0.15) is 57.7 Å². The molecular weight excluding hydrogens is 318 g/mol. The van der Waals surface area contributed by atoms with Gasteiger partial charge in [-0.3, -0.25) is 9.69 Å². The van der Waals surface area contributed by atoms with Gasteiger partial charge in [0.05, 0.1) is 24.4 Å². The molecule has 0 bridgehead atoms. The minimum absolute atomic E-state index is 0.00278. The van der Waals surface area contributed by atoms with Crippen LogP contribution in [0.4, 0.5) is 0 Å². The third-order valence-electron chi connectivity index (χ3n) is 5.01. The lowest BCUT2D eigenvalue weighted by Crippen LogP contribution is -2.39. The van der Waals surface area contributed by atoms with Crippen LogP contribution in [0, 0.1) is 13.8 Å². The number of nitrogens with zero attached hydrogens (tertiary/aromatic N) is 2. The van der Waals surface area contributed by atoms with Gasteiger partial charge in [0, 0.05) is 36.7 Å². The zero-order valence-electron chi connectivity index (χ0n) is 15.3. The van der Waals surface area contributed by atoms with Crippen LogP contribution < -0.4 is 0 Å². The van der Waals surface area contributed by atoms with Crippen LogP contribution in [0.15, 0.2) is 18.3 Å². The maximum atomic E-state index is 12.8. The van der Waals surface area contributed by atoms with Gasteiger partial charge in [-0.2, -0.15) is 0 Å². The number of fused-ring (bicyclic) bond motifs is 1. The lowest BCUT2D eigenvalue weighted by molar-refractivity contribution is 0.0525. The molecule has 3 heterocycles. The molecule has 1 aliphatic heterocycles. The molecule has 2 aromatic heterocycles. The van der Waals surface area contributed by atoms with E-state index in [1.165, 1.54) is 5.69 Å². The van der Waals surface area contributed by atoms with Gasteiger partial charge in [0.25, 0.3) is 0 Å². The molecule has 0 spiro atoms. The molecule has 6 nitrogen and oxygen atoms in total. The Morgan fingerprint density at radius 2 is 2.08 bits per heavy atom. The highest BCUT2D eigenvalue weighted by atomic mass is 16.5. The first-order valence-electron chi connectivity index (χ1n) is 8.72. The van der Waals surface area contributed by atoms with Crippen molar-refractivity contribution in [2.75, 3.05) is 19.7 Å². The van der Waals surface area contributed by atoms with Crippen molar-refractivity contribution in [3.8, 4) is 0 Å². The second-order valence-corrected chi connectivity index (χ2v) is 6.54. The van der Waals surface area contributed by atoms with Gasteiger partial charge in [0.15, 0.2) is 5.78 Å². The van der Waals surface area contributed by atoms with Crippen LogP contribution in [-0.4, -0.2) is 45.9 Å². The number of aromatic nitrogens is 2. The molecule has 134 valence electrons. The number of carbonyl (C=O) groups excluding carboxylic acids is 2. The van der Waals surface area contributed by atoms with Crippen molar-refractivity contribution in [3.05, 3.63) is 46.5 Å². The third-order valence-corrected chi connectivity index (χ3v) is 5.01. The molecular formula is C19H25N3O3. The number of nitrogens with one attached hydrogen (secondary N) is 1. The lowest BCUT2D eigenvalue weighted by Gasteiger charge is -2.34. The Labute approximate surface area is 147 Å². The van der Waals surface area contributed by atoms with Crippen molar-refractivity contribution in [1.29, 1.82) is 0 Å². The van der Waals surface area contributed by atoms with Crippen LogP contribution in [-0.2, 0) is 11.3 Å². The molecule has 0 unspecified atom stereocenters. The summed E-state index contributed by atoms with van der Waals surface area (Å²) in [6.45, 7) is 9.85. The molecule has 0 aromatic carbocycles. The van der Waals surface area contributed by atoms with Gasteiger partial charge in [0.2, 0.25) is 0 Å². The van der Waals surface area contributed by atoms with Crippen molar-refractivity contribution in [2.45, 2.75) is 40.3 Å². The molecule has 25 heavy (non-hydrogen) atoms. The molecule has 0 saturated carbocycles. The fourth-order valence-corrected chi connectivity index (χ4v) is 3.64. The standard InChI is InChI=1S/C19H25N3O3/c1-5-25-19(24)17-12(2)18(20-13(17)3)16(23)11-22-10-9-21-8-6-7-15(21)14(22)4/h6-8,14,20H,5,9-11H2,1-4H3/t14-/m1/s1. The van der Waals surface area contributed by atoms with Crippen molar-refractivity contribution < 1.29 is 14.3 Å². The van der Waals surface area contributed by atoms with Crippen molar-refractivity contribution in [1.82, 2.24) is 14.5 Å². The maximum Gasteiger partial charge on any atom is 0.340 e. The summed E-state index contributed by atoms with van der Waals surface area (Å²) < 4.78 is 7.33. The molecule has 0 radical (unpaired) electrons.